The molecule has 2 aliphatic rings. The monoisotopic (exact) mass is 495 g/mol. The second-order valence-electron chi connectivity index (χ2n) is 7.78. The van der Waals surface area contributed by atoms with Crippen LogP contribution >= 0.6 is 0 Å². The fourth-order valence-electron chi connectivity index (χ4n) is 3.18. The summed E-state index contributed by atoms with van der Waals surface area (Å²) in [5.41, 5.74) is 10.8. The van der Waals surface area contributed by atoms with Crippen molar-refractivity contribution in [3.8, 4) is 5.75 Å². The van der Waals surface area contributed by atoms with Gasteiger partial charge in [-0.15, -0.1) is 0 Å². The minimum absolute atomic E-state index is 0.329. The fraction of sp³-hybridized carbons (Fsp3) is 0.0345. The van der Waals surface area contributed by atoms with Gasteiger partial charge < -0.3 is 10.5 Å². The third-order valence-corrected chi connectivity index (χ3v) is 4.94. The minimum atomic E-state index is -0.329. The lowest BCUT2D eigenvalue weighted by Crippen LogP contribution is -2.19. The second-order valence-corrected chi connectivity index (χ2v) is 7.78. The zero-order chi connectivity index (χ0) is 26.6. The molecule has 0 atom stereocenters. The molecular formula is C29H25N3O5. The van der Waals surface area contributed by atoms with E-state index in [0.29, 0.717) is 0 Å². The Bertz CT molecular complexity index is 1270. The molecule has 0 saturated carbocycles. The predicted octanol–water partition coefficient (Wildman–Crippen LogP) is 3.44. The Morgan fingerprint density at radius 1 is 0.676 bits per heavy atom. The number of carbonyl (C=O) groups excluding carboxylic acids is 4. The molecule has 0 fully saturated rings. The molecule has 0 bridgehead atoms. The lowest BCUT2D eigenvalue weighted by molar-refractivity contribution is -0.125. The summed E-state index contributed by atoms with van der Waals surface area (Å²) in [5.74, 6) is -0.506. The molecule has 8 heteroatoms. The summed E-state index contributed by atoms with van der Waals surface area (Å²) in [6.45, 7) is 1.99. The van der Waals surface area contributed by atoms with E-state index in [1.807, 2.05) is 78.4 Å². The molecule has 0 aromatic heterocycles. The van der Waals surface area contributed by atoms with E-state index in [0.717, 1.165) is 33.7 Å². The highest BCUT2D eigenvalue weighted by atomic mass is 16.5. The van der Waals surface area contributed by atoms with Gasteiger partial charge in [0.05, 0.1) is 6.26 Å². The van der Waals surface area contributed by atoms with E-state index < -0.39 is 0 Å². The number of hydrogen-bond donors (Lipinski definition) is 3. The van der Waals surface area contributed by atoms with Crippen LogP contribution in [0.1, 0.15) is 16.7 Å². The van der Waals surface area contributed by atoms with Gasteiger partial charge in [0.1, 0.15) is 5.75 Å². The third-order valence-electron chi connectivity index (χ3n) is 4.94. The van der Waals surface area contributed by atoms with E-state index in [-0.39, 0.29) is 23.6 Å². The lowest BCUT2D eigenvalue weighted by atomic mass is 9.99. The largest absolute Gasteiger partial charge is 0.464 e. The Hall–Kier alpha value is -5.24. The van der Waals surface area contributed by atoms with Gasteiger partial charge in [-0.3, -0.25) is 29.8 Å². The third kappa shape index (κ3) is 8.48. The smallest absolute Gasteiger partial charge is 0.250 e. The summed E-state index contributed by atoms with van der Waals surface area (Å²) in [6.07, 6.45) is 6.60. The highest BCUT2D eigenvalue weighted by Gasteiger charge is 2.08. The molecule has 0 saturated heterocycles. The lowest BCUT2D eigenvalue weighted by Gasteiger charge is -2.11. The van der Waals surface area contributed by atoms with Gasteiger partial charge >= 0.3 is 0 Å². The Labute approximate surface area is 214 Å². The summed E-state index contributed by atoms with van der Waals surface area (Å²) < 4.78 is 5.95. The highest BCUT2D eigenvalue weighted by molar-refractivity contribution is 6.13. The van der Waals surface area contributed by atoms with Crippen LogP contribution in [0.15, 0.2) is 109 Å². The van der Waals surface area contributed by atoms with Crippen molar-refractivity contribution in [2.45, 2.75) is 6.92 Å². The molecule has 0 aliphatic carbocycles. The second kappa shape index (κ2) is 13.0. The van der Waals surface area contributed by atoms with Gasteiger partial charge in [0.15, 0.2) is 0 Å². The van der Waals surface area contributed by atoms with Crippen LogP contribution in [0.2, 0.25) is 0 Å². The molecule has 186 valence electrons. The Kier molecular flexibility index (Phi) is 9.27. The van der Waals surface area contributed by atoms with E-state index >= 15 is 0 Å². The Balaban J connectivity index is 0.000000220. The van der Waals surface area contributed by atoms with Gasteiger partial charge in [-0.1, -0.05) is 60.7 Å². The maximum atomic E-state index is 10.0. The fourth-order valence-corrected chi connectivity index (χ4v) is 3.18. The van der Waals surface area contributed by atoms with E-state index in [1.165, 1.54) is 24.3 Å². The molecule has 5 rings (SSSR count). The maximum Gasteiger partial charge on any atom is 0.250 e. The van der Waals surface area contributed by atoms with Crippen molar-refractivity contribution in [1.29, 1.82) is 0 Å². The number of rotatable bonds is 4. The molecule has 0 radical (unpaired) electrons. The van der Waals surface area contributed by atoms with E-state index in [1.54, 1.807) is 0 Å². The first kappa shape index (κ1) is 26.4. The van der Waals surface area contributed by atoms with E-state index in [4.69, 9.17) is 10.5 Å². The number of imide groups is 2. The molecule has 8 nitrogen and oxygen atoms in total. The van der Waals surface area contributed by atoms with Crippen LogP contribution in [-0.4, -0.2) is 23.6 Å². The first-order valence-electron chi connectivity index (χ1n) is 11.2. The Morgan fingerprint density at radius 3 is 1.46 bits per heavy atom. The maximum absolute atomic E-state index is 10.0. The average molecular weight is 496 g/mol. The first-order valence-corrected chi connectivity index (χ1v) is 11.2. The van der Waals surface area contributed by atoms with Crippen LogP contribution in [0.3, 0.4) is 0 Å². The quantitative estimate of drug-likeness (QED) is 0.289. The SMILES string of the molecule is Cc1cc(N)ccc1OC=C(c1ccccc1)c1ccccc1.O=C1C=CC(=O)N1.O=C1C=CC(=O)N1. The van der Waals surface area contributed by atoms with Crippen molar-refractivity contribution in [3.63, 3.8) is 0 Å². The predicted molar refractivity (Wildman–Crippen MR) is 141 cm³/mol. The van der Waals surface area contributed by atoms with Gasteiger partial charge in [-0.2, -0.15) is 0 Å². The number of nitrogens with one attached hydrogen (secondary N) is 2. The summed E-state index contributed by atoms with van der Waals surface area (Å²) >= 11 is 0. The molecule has 0 spiro atoms. The number of ether oxygens (including phenoxy) is 1. The van der Waals surface area contributed by atoms with Crippen LogP contribution in [0, 0.1) is 6.92 Å². The number of benzene rings is 3. The first-order chi connectivity index (χ1) is 17.8. The molecule has 37 heavy (non-hydrogen) atoms. The summed E-state index contributed by atoms with van der Waals surface area (Å²) in [5, 5.41) is 4.06. The topological polar surface area (TPSA) is 128 Å². The number of nitrogens with two attached hydrogens (primary N) is 1. The minimum Gasteiger partial charge on any atom is -0.464 e. The highest BCUT2D eigenvalue weighted by Crippen LogP contribution is 2.26. The zero-order valence-electron chi connectivity index (χ0n) is 20.0. The van der Waals surface area contributed by atoms with Gasteiger partial charge in [0.2, 0.25) is 0 Å². The molecule has 4 amide bonds. The molecule has 4 N–H and O–H groups in total. The number of aryl methyl sites for hydroxylation is 1. The van der Waals surface area contributed by atoms with Crippen molar-refractivity contribution in [1.82, 2.24) is 10.6 Å². The standard InChI is InChI=1S/C21H19NO.2C4H3NO2/c1-16-14-19(22)12-13-21(16)23-15-20(17-8-4-2-5-9-17)18-10-6-3-7-11-18;2*6-3-1-2-4(7)5-3/h2-15H,22H2,1H3;2*1-2H,(H,5,6,7). The van der Waals surface area contributed by atoms with Gasteiger partial charge in [-0.05, 0) is 41.8 Å². The van der Waals surface area contributed by atoms with Crippen LogP contribution in [0.5, 0.6) is 5.75 Å². The average Bonchev–Trinajstić information content (AvgIpc) is 3.47. The van der Waals surface area contributed by atoms with Gasteiger partial charge in [-0.25, -0.2) is 0 Å². The number of hydrogen-bond acceptors (Lipinski definition) is 6. The molecule has 2 heterocycles. The van der Waals surface area contributed by atoms with Crippen LogP contribution in [0.25, 0.3) is 5.57 Å². The molecule has 0 unspecified atom stereocenters. The van der Waals surface area contributed by atoms with Crippen molar-refractivity contribution < 1.29 is 23.9 Å². The molecule has 2 aliphatic heterocycles. The Morgan fingerprint density at radius 2 is 1.11 bits per heavy atom. The summed E-state index contributed by atoms with van der Waals surface area (Å²) in [4.78, 5) is 40.1. The summed E-state index contributed by atoms with van der Waals surface area (Å²) in [7, 11) is 0. The normalized spacial score (nSPS) is 13.0. The zero-order valence-corrected chi connectivity index (χ0v) is 20.0. The van der Waals surface area contributed by atoms with Crippen molar-refractivity contribution in [2.75, 3.05) is 5.73 Å². The van der Waals surface area contributed by atoms with Crippen molar-refractivity contribution in [3.05, 3.63) is 126 Å². The number of anilines is 1. The van der Waals surface area contributed by atoms with Gasteiger partial charge in [0, 0.05) is 35.6 Å². The van der Waals surface area contributed by atoms with Crippen LogP contribution < -0.4 is 21.1 Å². The molecule has 3 aromatic rings. The molecule has 3 aromatic carbocycles. The van der Waals surface area contributed by atoms with Crippen LogP contribution in [0.4, 0.5) is 5.69 Å². The van der Waals surface area contributed by atoms with E-state index in [2.05, 4.69) is 24.3 Å². The molecular weight excluding hydrogens is 470 g/mol. The summed E-state index contributed by atoms with van der Waals surface area (Å²) in [6, 6.07) is 26.1. The number of amides is 4. The van der Waals surface area contributed by atoms with Crippen LogP contribution in [-0.2, 0) is 19.2 Å². The number of nitrogen functional groups attached to an aromatic ring is 1. The number of carbonyl (C=O) groups is 4. The van der Waals surface area contributed by atoms with Crippen molar-refractivity contribution in [2.24, 2.45) is 0 Å². The van der Waals surface area contributed by atoms with Crippen molar-refractivity contribution >= 4 is 34.9 Å². The van der Waals surface area contributed by atoms with E-state index in [9.17, 15) is 19.2 Å². The van der Waals surface area contributed by atoms with Gasteiger partial charge in [0.25, 0.3) is 23.6 Å².